The average Bonchev–Trinajstić information content (AvgIpc) is 2.69. The van der Waals surface area contributed by atoms with E-state index in [1.807, 2.05) is 11.0 Å². The van der Waals surface area contributed by atoms with Gasteiger partial charge in [0.05, 0.1) is 13.2 Å². The summed E-state index contributed by atoms with van der Waals surface area (Å²) in [5, 5.41) is 6.18. The fourth-order valence-corrected chi connectivity index (χ4v) is 3.56. The van der Waals surface area contributed by atoms with Crippen molar-refractivity contribution in [1.29, 1.82) is 0 Å². The standard InChI is InChI=1S/C20H28FN3O3/c1-14-2-3-15(10-18(14)21)12-23-20(26)16-4-7-24(8-5-16)19(25)11-17-13-27-9-6-22-17/h2-3,10,16-17,22H,4-9,11-13H2,1H3,(H,23,26). The number of nitrogens with zero attached hydrogens (tertiary/aromatic N) is 1. The van der Waals surface area contributed by atoms with Crippen molar-refractivity contribution < 1.29 is 18.7 Å². The number of hydrogen-bond acceptors (Lipinski definition) is 4. The van der Waals surface area contributed by atoms with E-state index in [9.17, 15) is 14.0 Å². The van der Waals surface area contributed by atoms with Crippen LogP contribution in [0.25, 0.3) is 0 Å². The summed E-state index contributed by atoms with van der Waals surface area (Å²) in [4.78, 5) is 26.6. The number of piperidine rings is 1. The molecule has 0 aliphatic carbocycles. The Hall–Kier alpha value is -1.99. The maximum Gasteiger partial charge on any atom is 0.224 e. The summed E-state index contributed by atoms with van der Waals surface area (Å²) in [6.45, 7) is 5.29. The number of carbonyl (C=O) groups excluding carboxylic acids is 2. The summed E-state index contributed by atoms with van der Waals surface area (Å²) < 4.78 is 19.0. The highest BCUT2D eigenvalue weighted by atomic mass is 19.1. The van der Waals surface area contributed by atoms with Crippen LogP contribution < -0.4 is 10.6 Å². The van der Waals surface area contributed by atoms with Crippen LogP contribution in [0.5, 0.6) is 0 Å². The second-order valence-corrected chi connectivity index (χ2v) is 7.39. The highest BCUT2D eigenvalue weighted by Gasteiger charge is 2.28. The molecule has 0 aromatic heterocycles. The lowest BCUT2D eigenvalue weighted by Crippen LogP contribution is -2.47. The van der Waals surface area contributed by atoms with Crippen LogP contribution in [0.1, 0.15) is 30.4 Å². The van der Waals surface area contributed by atoms with Crippen molar-refractivity contribution >= 4 is 11.8 Å². The Morgan fingerprint density at radius 1 is 1.33 bits per heavy atom. The first kappa shape index (κ1) is 19.8. The van der Waals surface area contributed by atoms with Gasteiger partial charge in [-0.15, -0.1) is 0 Å². The monoisotopic (exact) mass is 377 g/mol. The van der Waals surface area contributed by atoms with Crippen LogP contribution >= 0.6 is 0 Å². The third-order valence-electron chi connectivity index (χ3n) is 5.34. The highest BCUT2D eigenvalue weighted by molar-refractivity contribution is 5.80. The number of aryl methyl sites for hydroxylation is 1. The molecule has 1 unspecified atom stereocenters. The molecule has 7 heteroatoms. The Kier molecular flexibility index (Phi) is 6.79. The molecule has 3 rings (SSSR count). The molecule has 1 atom stereocenters. The molecule has 2 aliphatic heterocycles. The number of rotatable bonds is 5. The van der Waals surface area contributed by atoms with Crippen LogP contribution in [-0.2, 0) is 20.9 Å². The summed E-state index contributed by atoms with van der Waals surface area (Å²) in [5.74, 6) is -0.260. The number of carbonyl (C=O) groups is 2. The summed E-state index contributed by atoms with van der Waals surface area (Å²) in [7, 11) is 0. The van der Waals surface area contributed by atoms with Gasteiger partial charge in [-0.25, -0.2) is 4.39 Å². The topological polar surface area (TPSA) is 70.7 Å². The van der Waals surface area contributed by atoms with Gasteiger partial charge in [0.15, 0.2) is 0 Å². The molecule has 2 N–H and O–H groups in total. The lowest BCUT2D eigenvalue weighted by molar-refractivity contribution is -0.136. The number of amides is 2. The number of benzene rings is 1. The van der Waals surface area contributed by atoms with E-state index < -0.39 is 0 Å². The average molecular weight is 377 g/mol. The van der Waals surface area contributed by atoms with Crippen LogP contribution in [0, 0.1) is 18.7 Å². The Balaban J connectivity index is 1.40. The predicted molar refractivity (Wildman–Crippen MR) is 99.5 cm³/mol. The second kappa shape index (κ2) is 9.28. The van der Waals surface area contributed by atoms with Crippen LogP contribution in [0.15, 0.2) is 18.2 Å². The summed E-state index contributed by atoms with van der Waals surface area (Å²) >= 11 is 0. The zero-order chi connectivity index (χ0) is 19.2. The zero-order valence-electron chi connectivity index (χ0n) is 15.8. The predicted octanol–water partition coefficient (Wildman–Crippen LogP) is 1.37. The largest absolute Gasteiger partial charge is 0.378 e. The maximum absolute atomic E-state index is 13.6. The van der Waals surface area contributed by atoms with Gasteiger partial charge < -0.3 is 20.3 Å². The van der Waals surface area contributed by atoms with Gasteiger partial charge in [0.25, 0.3) is 0 Å². The SMILES string of the molecule is Cc1ccc(CNC(=O)C2CCN(C(=O)CC3COCCN3)CC2)cc1F. The first-order chi connectivity index (χ1) is 13.0. The van der Waals surface area contributed by atoms with Crippen molar-refractivity contribution in [3.05, 3.63) is 35.1 Å². The molecule has 2 fully saturated rings. The summed E-state index contributed by atoms with van der Waals surface area (Å²) in [5.41, 5.74) is 1.35. The molecular formula is C20H28FN3O3. The number of halogens is 1. The molecule has 2 heterocycles. The first-order valence-corrected chi connectivity index (χ1v) is 9.64. The fraction of sp³-hybridized carbons (Fsp3) is 0.600. The van der Waals surface area contributed by atoms with E-state index in [-0.39, 0.29) is 29.6 Å². The molecule has 2 saturated heterocycles. The van der Waals surface area contributed by atoms with Gasteiger partial charge in [0, 0.05) is 44.6 Å². The van der Waals surface area contributed by atoms with E-state index in [4.69, 9.17) is 4.74 Å². The molecule has 0 spiro atoms. The Bertz CT molecular complexity index is 668. The number of morpholine rings is 1. The smallest absolute Gasteiger partial charge is 0.224 e. The first-order valence-electron chi connectivity index (χ1n) is 9.64. The normalized spacial score (nSPS) is 21.1. The third-order valence-corrected chi connectivity index (χ3v) is 5.34. The van der Waals surface area contributed by atoms with Gasteiger partial charge in [0.2, 0.25) is 11.8 Å². The minimum absolute atomic E-state index is 0.0228. The molecule has 1 aromatic carbocycles. The molecule has 0 saturated carbocycles. The minimum Gasteiger partial charge on any atom is -0.378 e. The third kappa shape index (κ3) is 5.49. The van der Waals surface area contributed by atoms with E-state index in [0.717, 1.165) is 12.1 Å². The number of ether oxygens (including phenoxy) is 1. The number of nitrogens with one attached hydrogen (secondary N) is 2. The molecular weight excluding hydrogens is 349 g/mol. The lowest BCUT2D eigenvalue weighted by Gasteiger charge is -2.33. The van der Waals surface area contributed by atoms with E-state index in [1.165, 1.54) is 6.07 Å². The molecule has 1 aromatic rings. The van der Waals surface area contributed by atoms with Crippen molar-refractivity contribution in [2.75, 3.05) is 32.8 Å². The van der Waals surface area contributed by atoms with Gasteiger partial charge in [0.1, 0.15) is 5.82 Å². The van der Waals surface area contributed by atoms with Crippen LogP contribution in [-0.4, -0.2) is 55.6 Å². The molecule has 2 amide bonds. The van der Waals surface area contributed by atoms with E-state index in [2.05, 4.69) is 10.6 Å². The van der Waals surface area contributed by atoms with Crippen molar-refractivity contribution in [3.8, 4) is 0 Å². The van der Waals surface area contributed by atoms with Crippen molar-refractivity contribution in [2.45, 2.75) is 38.8 Å². The van der Waals surface area contributed by atoms with E-state index in [1.54, 1.807) is 13.0 Å². The van der Waals surface area contributed by atoms with E-state index >= 15 is 0 Å². The van der Waals surface area contributed by atoms with Crippen LogP contribution in [0.4, 0.5) is 4.39 Å². The van der Waals surface area contributed by atoms with Crippen molar-refractivity contribution in [2.24, 2.45) is 5.92 Å². The van der Waals surface area contributed by atoms with Crippen molar-refractivity contribution in [3.63, 3.8) is 0 Å². The Labute approximate surface area is 159 Å². The summed E-state index contributed by atoms with van der Waals surface area (Å²) in [6, 6.07) is 5.08. The quantitative estimate of drug-likeness (QED) is 0.813. The Morgan fingerprint density at radius 3 is 2.78 bits per heavy atom. The van der Waals surface area contributed by atoms with Gasteiger partial charge in [-0.1, -0.05) is 12.1 Å². The Morgan fingerprint density at radius 2 is 2.11 bits per heavy atom. The maximum atomic E-state index is 13.6. The lowest BCUT2D eigenvalue weighted by atomic mass is 9.95. The molecule has 148 valence electrons. The van der Waals surface area contributed by atoms with Gasteiger partial charge in [-0.3, -0.25) is 9.59 Å². The fourth-order valence-electron chi connectivity index (χ4n) is 3.56. The van der Waals surface area contributed by atoms with E-state index in [0.29, 0.717) is 57.7 Å². The molecule has 6 nitrogen and oxygen atoms in total. The highest BCUT2D eigenvalue weighted by Crippen LogP contribution is 2.19. The van der Waals surface area contributed by atoms with Gasteiger partial charge in [-0.2, -0.15) is 0 Å². The van der Waals surface area contributed by atoms with Gasteiger partial charge in [-0.05, 0) is 37.0 Å². The molecule has 0 radical (unpaired) electrons. The number of hydrogen-bond donors (Lipinski definition) is 2. The van der Waals surface area contributed by atoms with Crippen LogP contribution in [0.3, 0.4) is 0 Å². The molecule has 2 aliphatic rings. The zero-order valence-corrected chi connectivity index (χ0v) is 15.8. The summed E-state index contributed by atoms with van der Waals surface area (Å²) in [6.07, 6.45) is 1.76. The van der Waals surface area contributed by atoms with Gasteiger partial charge >= 0.3 is 0 Å². The second-order valence-electron chi connectivity index (χ2n) is 7.39. The molecule has 27 heavy (non-hydrogen) atoms. The minimum atomic E-state index is -0.258. The van der Waals surface area contributed by atoms with Crippen molar-refractivity contribution in [1.82, 2.24) is 15.5 Å². The number of likely N-dealkylation sites (tertiary alicyclic amines) is 1. The molecule has 0 bridgehead atoms. The van der Waals surface area contributed by atoms with Crippen LogP contribution in [0.2, 0.25) is 0 Å².